The van der Waals surface area contributed by atoms with Gasteiger partial charge in [-0.15, -0.1) is 0 Å². The van der Waals surface area contributed by atoms with Gasteiger partial charge >= 0.3 is 11.9 Å². The molecule has 0 aliphatic rings. The largest absolute Gasteiger partial charge is 0.693 e. The Kier molecular flexibility index (Phi) is 14.6. The normalized spacial score (nSPS) is 7.62. The fourth-order valence-corrected chi connectivity index (χ4v) is 0.989. The average molecular weight is 473 g/mol. The van der Waals surface area contributed by atoms with E-state index in [-0.39, 0.29) is 44.5 Å². The summed E-state index contributed by atoms with van der Waals surface area (Å²) in [5, 5.41) is 16.7. The number of rotatable bonds is 2. The van der Waals surface area contributed by atoms with Crippen molar-refractivity contribution in [1.82, 2.24) is 9.97 Å². The number of hydrogen-bond acceptors (Lipinski definition) is 4. The molecule has 6 N–H and O–H groups in total. The van der Waals surface area contributed by atoms with Gasteiger partial charge in [0.15, 0.2) is 0 Å². The van der Waals surface area contributed by atoms with Crippen molar-refractivity contribution in [2.24, 2.45) is 0 Å². The molecule has 0 amide bonds. The van der Waals surface area contributed by atoms with Crippen LogP contribution in [-0.4, -0.2) is 32.1 Å². The standard InChI is InChI=1S/2C6H5NO2.2H2N.Pt/c2*8-6(9)5-1-3-7-4-2-5;;;/h2*1-4H,(H,8,9);2*1H2;/q;;2*-1;. The van der Waals surface area contributed by atoms with Crippen LogP contribution >= 0.6 is 0 Å². The second kappa shape index (κ2) is 12.9. The molecule has 9 heteroatoms. The van der Waals surface area contributed by atoms with Gasteiger partial charge in [0.05, 0.1) is 11.1 Å². The van der Waals surface area contributed by atoms with Gasteiger partial charge in [0, 0.05) is 45.9 Å². The molecule has 2 heterocycles. The molecule has 0 radical (unpaired) electrons. The summed E-state index contributed by atoms with van der Waals surface area (Å²) in [7, 11) is 0. The summed E-state index contributed by atoms with van der Waals surface area (Å²) in [6.07, 6.45) is 5.79. The van der Waals surface area contributed by atoms with Crippen molar-refractivity contribution in [1.29, 1.82) is 0 Å². The summed E-state index contributed by atoms with van der Waals surface area (Å²) in [6.45, 7) is 0. The van der Waals surface area contributed by atoms with Gasteiger partial charge < -0.3 is 22.5 Å². The first-order chi connectivity index (χ1) is 8.61. The van der Waals surface area contributed by atoms with Crippen molar-refractivity contribution in [3.8, 4) is 0 Å². The van der Waals surface area contributed by atoms with Crippen LogP contribution in [0.15, 0.2) is 49.1 Å². The monoisotopic (exact) mass is 473 g/mol. The van der Waals surface area contributed by atoms with Crippen LogP contribution in [0.25, 0.3) is 12.3 Å². The number of carboxylic acid groups (broad SMARTS) is 2. The topological polar surface area (TPSA) is 167 Å². The van der Waals surface area contributed by atoms with E-state index in [4.69, 9.17) is 10.2 Å². The number of aromatic nitrogens is 2. The van der Waals surface area contributed by atoms with Crippen LogP contribution < -0.4 is 0 Å². The van der Waals surface area contributed by atoms with Crippen LogP contribution in [-0.2, 0) is 21.1 Å². The van der Waals surface area contributed by atoms with Crippen molar-refractivity contribution in [3.63, 3.8) is 0 Å². The van der Waals surface area contributed by atoms with Gasteiger partial charge in [-0.05, 0) is 24.3 Å². The second-order valence-electron chi connectivity index (χ2n) is 3.08. The minimum absolute atomic E-state index is 0. The molecule has 0 spiro atoms. The molecule has 118 valence electrons. The molecule has 0 unspecified atom stereocenters. The molecule has 0 aliphatic heterocycles. The van der Waals surface area contributed by atoms with E-state index in [2.05, 4.69) is 9.97 Å². The molecule has 8 nitrogen and oxygen atoms in total. The first kappa shape index (κ1) is 23.9. The number of pyridine rings is 2. The number of nitrogens with two attached hydrogens (primary N) is 2. The fourth-order valence-electron chi connectivity index (χ4n) is 0.989. The van der Waals surface area contributed by atoms with Crippen molar-refractivity contribution >= 4 is 11.9 Å². The van der Waals surface area contributed by atoms with Gasteiger partial charge in [-0.2, -0.15) is 0 Å². The van der Waals surface area contributed by atoms with Gasteiger partial charge in [-0.3, -0.25) is 9.97 Å². The zero-order valence-corrected chi connectivity index (χ0v) is 13.0. The van der Waals surface area contributed by atoms with Crippen LogP contribution in [0, 0.1) is 0 Å². The Hall–Kier alpha value is -2.15. The van der Waals surface area contributed by atoms with E-state index in [0.717, 1.165) is 0 Å². The van der Waals surface area contributed by atoms with E-state index in [9.17, 15) is 9.59 Å². The Balaban J connectivity index is -0.000000270. The fraction of sp³-hybridized carbons (Fsp3) is 0. The van der Waals surface area contributed by atoms with Crippen molar-refractivity contribution < 1.29 is 40.9 Å². The Morgan fingerprint density at radius 3 is 1.10 bits per heavy atom. The Morgan fingerprint density at radius 2 is 0.952 bits per heavy atom. The zero-order chi connectivity index (χ0) is 13.4. The van der Waals surface area contributed by atoms with Crippen molar-refractivity contribution in [3.05, 3.63) is 72.5 Å². The molecule has 0 atom stereocenters. The van der Waals surface area contributed by atoms with Crippen LogP contribution in [0.1, 0.15) is 20.7 Å². The predicted molar refractivity (Wildman–Crippen MR) is 73.0 cm³/mol. The number of nitrogens with zero attached hydrogens (tertiary/aromatic N) is 2. The Labute approximate surface area is 135 Å². The molecule has 2 aromatic rings. The van der Waals surface area contributed by atoms with Gasteiger partial charge in [-0.25, -0.2) is 9.59 Å². The molecule has 0 aliphatic carbocycles. The van der Waals surface area contributed by atoms with Gasteiger partial charge in [0.1, 0.15) is 0 Å². The third-order valence-corrected chi connectivity index (χ3v) is 1.85. The Bertz CT molecular complexity index is 476. The maximum atomic E-state index is 10.2. The molecule has 0 saturated heterocycles. The number of carbonyl (C=O) groups is 2. The predicted octanol–water partition coefficient (Wildman–Crippen LogP) is 2.99. The summed E-state index contributed by atoms with van der Waals surface area (Å²) in [5.74, 6) is -1.84. The van der Waals surface area contributed by atoms with E-state index in [0.29, 0.717) is 0 Å². The second-order valence-corrected chi connectivity index (χ2v) is 3.08. The van der Waals surface area contributed by atoms with E-state index in [1.807, 2.05) is 0 Å². The van der Waals surface area contributed by atoms with Crippen LogP contribution in [0.4, 0.5) is 0 Å². The van der Waals surface area contributed by atoms with Crippen LogP contribution in [0.3, 0.4) is 0 Å². The maximum absolute atomic E-state index is 10.2. The summed E-state index contributed by atoms with van der Waals surface area (Å²) in [4.78, 5) is 27.7. The maximum Gasteiger partial charge on any atom is 0.335 e. The SMILES string of the molecule is O=C(O)c1ccncc1.O=C(O)c1ccncc1.[NH2-].[NH2-].[Pt]. The summed E-state index contributed by atoms with van der Waals surface area (Å²) in [5.41, 5.74) is 0.537. The molecule has 0 bridgehead atoms. The quantitative estimate of drug-likeness (QED) is 0.680. The first-order valence-electron chi connectivity index (χ1n) is 4.88. The van der Waals surface area contributed by atoms with E-state index >= 15 is 0 Å². The average Bonchev–Trinajstić information content (AvgIpc) is 2.41. The summed E-state index contributed by atoms with van der Waals surface area (Å²) < 4.78 is 0. The molecule has 0 aromatic carbocycles. The van der Waals surface area contributed by atoms with Crippen molar-refractivity contribution in [2.45, 2.75) is 0 Å². The first-order valence-corrected chi connectivity index (χ1v) is 4.88. The van der Waals surface area contributed by atoms with E-state index in [1.165, 1.54) is 49.1 Å². The third kappa shape index (κ3) is 9.39. The van der Waals surface area contributed by atoms with Gasteiger partial charge in [0.25, 0.3) is 0 Å². The minimum Gasteiger partial charge on any atom is -0.693 e. The number of carboxylic acids is 2. The van der Waals surface area contributed by atoms with E-state index < -0.39 is 11.9 Å². The van der Waals surface area contributed by atoms with Gasteiger partial charge in [0.2, 0.25) is 0 Å². The van der Waals surface area contributed by atoms with Crippen molar-refractivity contribution in [2.75, 3.05) is 0 Å². The molecule has 2 aromatic heterocycles. The molecule has 2 rings (SSSR count). The van der Waals surface area contributed by atoms with Crippen LogP contribution in [0.5, 0.6) is 0 Å². The van der Waals surface area contributed by atoms with Crippen LogP contribution in [0.2, 0.25) is 0 Å². The number of aromatic carboxylic acids is 2. The summed E-state index contributed by atoms with van der Waals surface area (Å²) >= 11 is 0. The molecule has 0 fully saturated rings. The third-order valence-electron chi connectivity index (χ3n) is 1.85. The molecular formula is C12H14N4O4Pt-2. The smallest absolute Gasteiger partial charge is 0.335 e. The van der Waals surface area contributed by atoms with E-state index in [1.54, 1.807) is 0 Å². The zero-order valence-electron chi connectivity index (χ0n) is 10.7. The minimum atomic E-state index is -0.919. The Morgan fingerprint density at radius 1 is 0.714 bits per heavy atom. The number of hydrogen-bond donors (Lipinski definition) is 2. The van der Waals surface area contributed by atoms with Gasteiger partial charge in [-0.1, -0.05) is 0 Å². The summed E-state index contributed by atoms with van der Waals surface area (Å²) in [6, 6.07) is 5.79. The molecule has 0 saturated carbocycles. The molecule has 21 heavy (non-hydrogen) atoms. The molecular weight excluding hydrogens is 459 g/mol.